The van der Waals surface area contributed by atoms with Crippen molar-refractivity contribution in [1.29, 1.82) is 0 Å². The summed E-state index contributed by atoms with van der Waals surface area (Å²) in [4.78, 5) is 4.41. The average molecular weight is 410 g/mol. The molecule has 0 aliphatic rings. The first-order valence-corrected chi connectivity index (χ1v) is 10.2. The van der Waals surface area contributed by atoms with Crippen molar-refractivity contribution in [2.24, 2.45) is 0 Å². The van der Waals surface area contributed by atoms with Crippen molar-refractivity contribution in [3.05, 3.63) is 84.4 Å². The van der Waals surface area contributed by atoms with E-state index in [1.54, 1.807) is 10.7 Å². The lowest BCUT2D eigenvalue weighted by atomic mass is 10.1. The Morgan fingerprint density at radius 1 is 0.935 bits per heavy atom. The number of benzene rings is 2. The topological polar surface area (TPSA) is 70.1 Å². The van der Waals surface area contributed by atoms with Crippen LogP contribution in [0.1, 0.15) is 18.3 Å². The number of ether oxygens (including phenoxy) is 1. The van der Waals surface area contributed by atoms with Gasteiger partial charge in [0.1, 0.15) is 12.4 Å². The lowest BCUT2D eigenvalue weighted by Crippen LogP contribution is -2.08. The molecule has 31 heavy (non-hydrogen) atoms. The van der Waals surface area contributed by atoms with Gasteiger partial charge in [-0.3, -0.25) is 0 Å². The van der Waals surface area contributed by atoms with Gasteiger partial charge in [0.15, 0.2) is 11.5 Å². The van der Waals surface area contributed by atoms with E-state index in [0.717, 1.165) is 29.1 Å². The fourth-order valence-corrected chi connectivity index (χ4v) is 3.53. The van der Waals surface area contributed by atoms with Gasteiger partial charge in [-0.2, -0.15) is 4.52 Å². The largest absolute Gasteiger partial charge is 0.468 e. The van der Waals surface area contributed by atoms with Crippen molar-refractivity contribution in [2.45, 2.75) is 27.0 Å². The molecule has 0 radical (unpaired) electrons. The molecule has 3 aromatic heterocycles. The molecule has 7 nitrogen and oxygen atoms in total. The Hall–Kier alpha value is -4.00. The highest BCUT2D eigenvalue weighted by Gasteiger charge is 2.17. The second-order valence-corrected chi connectivity index (χ2v) is 7.31. The van der Waals surface area contributed by atoms with Crippen LogP contribution < -0.4 is 4.74 Å². The molecule has 7 heteroatoms. The summed E-state index contributed by atoms with van der Waals surface area (Å²) in [7, 11) is 0. The van der Waals surface area contributed by atoms with E-state index in [1.165, 1.54) is 5.56 Å². The standard InChI is InChI=1S/C24H22N6O/c1-3-29-14-13-25-22(29)16-31-24-20(18-7-5-4-6-8-18)15-21-26-27-23(30(21)28-24)19-11-9-17(2)10-12-19/h4-15H,3,16H2,1-2H3. The Morgan fingerprint density at radius 2 is 1.74 bits per heavy atom. The number of aromatic nitrogens is 6. The van der Waals surface area contributed by atoms with Crippen LogP contribution in [0.15, 0.2) is 73.1 Å². The summed E-state index contributed by atoms with van der Waals surface area (Å²) < 4.78 is 9.98. The molecule has 0 fully saturated rings. The van der Waals surface area contributed by atoms with Crippen molar-refractivity contribution >= 4 is 5.65 Å². The van der Waals surface area contributed by atoms with Crippen molar-refractivity contribution in [1.82, 2.24) is 29.4 Å². The van der Waals surface area contributed by atoms with Gasteiger partial charge in [0.25, 0.3) is 0 Å². The lowest BCUT2D eigenvalue weighted by Gasteiger charge is -2.12. The molecule has 5 aromatic rings. The van der Waals surface area contributed by atoms with Gasteiger partial charge in [-0.05, 0) is 25.5 Å². The molecule has 0 N–H and O–H groups in total. The Morgan fingerprint density at radius 3 is 2.52 bits per heavy atom. The van der Waals surface area contributed by atoms with Gasteiger partial charge < -0.3 is 9.30 Å². The van der Waals surface area contributed by atoms with E-state index in [-0.39, 0.29) is 0 Å². The predicted molar refractivity (Wildman–Crippen MR) is 119 cm³/mol. The smallest absolute Gasteiger partial charge is 0.240 e. The SMILES string of the molecule is CCn1ccnc1COc1nn2c(-c3ccc(C)cc3)nnc2cc1-c1ccccc1. The minimum Gasteiger partial charge on any atom is -0.468 e. The third-order valence-electron chi connectivity index (χ3n) is 5.23. The molecule has 154 valence electrons. The van der Waals surface area contributed by atoms with E-state index >= 15 is 0 Å². The van der Waals surface area contributed by atoms with Crippen LogP contribution in [0.2, 0.25) is 0 Å². The molecule has 0 saturated heterocycles. The molecule has 5 rings (SSSR count). The Labute approximate surface area is 180 Å². The Kier molecular flexibility index (Phi) is 4.92. The molecule has 0 aliphatic heterocycles. The molecule has 0 bridgehead atoms. The molecular formula is C24H22N6O. The summed E-state index contributed by atoms with van der Waals surface area (Å²) >= 11 is 0. The highest BCUT2D eigenvalue weighted by atomic mass is 16.5. The number of rotatable bonds is 6. The monoisotopic (exact) mass is 410 g/mol. The van der Waals surface area contributed by atoms with Gasteiger partial charge in [-0.1, -0.05) is 60.2 Å². The Bertz CT molecular complexity index is 1320. The second-order valence-electron chi connectivity index (χ2n) is 7.31. The molecule has 0 amide bonds. The number of imidazole rings is 1. The van der Waals surface area contributed by atoms with Crippen molar-refractivity contribution < 1.29 is 4.74 Å². The van der Waals surface area contributed by atoms with E-state index in [1.807, 2.05) is 54.7 Å². The zero-order valence-electron chi connectivity index (χ0n) is 17.4. The quantitative estimate of drug-likeness (QED) is 0.410. The molecular weight excluding hydrogens is 388 g/mol. The van der Waals surface area contributed by atoms with E-state index in [2.05, 4.69) is 45.7 Å². The van der Waals surface area contributed by atoms with Crippen LogP contribution in [0.4, 0.5) is 0 Å². The highest BCUT2D eigenvalue weighted by molar-refractivity contribution is 5.73. The number of hydrogen-bond donors (Lipinski definition) is 0. The van der Waals surface area contributed by atoms with Crippen LogP contribution in [-0.2, 0) is 13.2 Å². The van der Waals surface area contributed by atoms with Crippen LogP contribution in [0.3, 0.4) is 0 Å². The van der Waals surface area contributed by atoms with Crippen LogP contribution in [0.25, 0.3) is 28.2 Å². The first-order valence-electron chi connectivity index (χ1n) is 10.2. The fraction of sp³-hybridized carbons (Fsp3) is 0.167. The minimum absolute atomic E-state index is 0.321. The van der Waals surface area contributed by atoms with Gasteiger partial charge in [-0.15, -0.1) is 15.3 Å². The van der Waals surface area contributed by atoms with Crippen LogP contribution in [0, 0.1) is 6.92 Å². The third kappa shape index (κ3) is 3.66. The minimum atomic E-state index is 0.321. The van der Waals surface area contributed by atoms with Crippen LogP contribution in [0.5, 0.6) is 5.88 Å². The average Bonchev–Trinajstić information content (AvgIpc) is 3.44. The number of nitrogens with zero attached hydrogens (tertiary/aromatic N) is 6. The fourth-order valence-electron chi connectivity index (χ4n) is 3.53. The zero-order chi connectivity index (χ0) is 21.2. The molecule has 0 spiro atoms. The summed E-state index contributed by atoms with van der Waals surface area (Å²) in [6.07, 6.45) is 3.73. The number of aryl methyl sites for hydroxylation is 2. The van der Waals surface area contributed by atoms with Crippen molar-refractivity contribution in [3.8, 4) is 28.4 Å². The maximum absolute atomic E-state index is 6.20. The molecule has 0 atom stereocenters. The first-order chi connectivity index (χ1) is 15.2. The van der Waals surface area contributed by atoms with Crippen molar-refractivity contribution in [2.75, 3.05) is 0 Å². The molecule has 0 unspecified atom stereocenters. The maximum atomic E-state index is 6.20. The van der Waals surface area contributed by atoms with Crippen LogP contribution >= 0.6 is 0 Å². The summed E-state index contributed by atoms with van der Waals surface area (Å²) in [5.74, 6) is 2.04. The van der Waals surface area contributed by atoms with E-state index in [4.69, 9.17) is 9.84 Å². The maximum Gasteiger partial charge on any atom is 0.240 e. The molecule has 0 saturated carbocycles. The van der Waals surface area contributed by atoms with E-state index < -0.39 is 0 Å². The lowest BCUT2D eigenvalue weighted by molar-refractivity contribution is 0.276. The molecule has 0 aliphatic carbocycles. The van der Waals surface area contributed by atoms with Gasteiger partial charge in [0.2, 0.25) is 5.88 Å². The third-order valence-corrected chi connectivity index (χ3v) is 5.23. The highest BCUT2D eigenvalue weighted by Crippen LogP contribution is 2.31. The summed E-state index contributed by atoms with van der Waals surface area (Å²) in [6.45, 7) is 5.29. The van der Waals surface area contributed by atoms with Crippen molar-refractivity contribution in [3.63, 3.8) is 0 Å². The van der Waals surface area contributed by atoms with Gasteiger partial charge in [0, 0.05) is 30.1 Å². The second kappa shape index (κ2) is 8.02. The van der Waals surface area contributed by atoms with Gasteiger partial charge in [-0.25, -0.2) is 4.98 Å². The summed E-state index contributed by atoms with van der Waals surface area (Å²) in [5.41, 5.74) is 4.67. The number of hydrogen-bond acceptors (Lipinski definition) is 5. The molecule has 3 heterocycles. The molecule has 2 aromatic carbocycles. The van der Waals surface area contributed by atoms with Gasteiger partial charge >= 0.3 is 0 Å². The normalized spacial score (nSPS) is 11.2. The van der Waals surface area contributed by atoms with E-state index in [9.17, 15) is 0 Å². The summed E-state index contributed by atoms with van der Waals surface area (Å²) in [6, 6.07) is 20.2. The van der Waals surface area contributed by atoms with E-state index in [0.29, 0.717) is 24.0 Å². The van der Waals surface area contributed by atoms with Crippen LogP contribution in [-0.4, -0.2) is 29.4 Å². The first kappa shape index (κ1) is 19.0. The predicted octanol–water partition coefficient (Wildman–Crippen LogP) is 4.56. The number of fused-ring (bicyclic) bond motifs is 1. The van der Waals surface area contributed by atoms with Gasteiger partial charge in [0.05, 0.1) is 0 Å². The zero-order valence-corrected chi connectivity index (χ0v) is 17.4. The Balaban J connectivity index is 1.61. The summed E-state index contributed by atoms with van der Waals surface area (Å²) in [5, 5.41) is 13.5.